The number of amides is 1. The molecule has 5 aromatic carbocycles. The smallest absolute Gasteiger partial charge is 0.411 e. The van der Waals surface area contributed by atoms with Gasteiger partial charge in [0.2, 0.25) is 0 Å². The standard InChI is InChI=1S/C38H33NO5/c1-4-43-37(40)39-27-17-15-26(16-18-27)38(25-11-6-5-7-12-25)21-20-29-31-22-33(41-2)34(42-3)23-32(31)35-28-13-9-8-10-24(28)14-19-30(35)36(29)44-38/h5-13,15-18,20-23H,4,14,19H2,1-3H3,(H,39,40). The van der Waals surface area contributed by atoms with E-state index in [1.807, 2.05) is 42.5 Å². The number of nitrogens with one attached hydrogen (secondary N) is 1. The van der Waals surface area contributed by atoms with Crippen molar-refractivity contribution in [3.63, 3.8) is 0 Å². The van der Waals surface area contributed by atoms with Crippen LogP contribution in [0.15, 0.2) is 97.1 Å². The third-order valence-electron chi connectivity index (χ3n) is 8.62. The SMILES string of the molecule is CCOC(=O)Nc1ccc(C2(c3ccccc3)C=Cc3c(c4c(c5cc(OC)c(OC)cc35)-c3ccccc3CC4)O2)cc1. The molecule has 1 atom stereocenters. The quantitative estimate of drug-likeness (QED) is 0.217. The van der Waals surface area contributed by atoms with E-state index >= 15 is 0 Å². The zero-order valence-corrected chi connectivity index (χ0v) is 25.0. The molecule has 44 heavy (non-hydrogen) atoms. The minimum Gasteiger partial charge on any atom is -0.493 e. The fraction of sp³-hybridized carbons (Fsp3) is 0.184. The Kier molecular flexibility index (Phi) is 6.97. The molecule has 1 heterocycles. The van der Waals surface area contributed by atoms with Gasteiger partial charge in [0.05, 0.1) is 20.8 Å². The van der Waals surface area contributed by atoms with Crippen molar-refractivity contribution < 1.29 is 23.7 Å². The Morgan fingerprint density at radius 3 is 2.25 bits per heavy atom. The molecule has 5 aromatic rings. The Labute approximate surface area is 256 Å². The van der Waals surface area contributed by atoms with Crippen molar-refractivity contribution in [2.45, 2.75) is 25.4 Å². The first kappa shape index (κ1) is 27.6. The van der Waals surface area contributed by atoms with Gasteiger partial charge < -0.3 is 18.9 Å². The van der Waals surface area contributed by atoms with Crippen molar-refractivity contribution in [1.29, 1.82) is 0 Å². The lowest BCUT2D eigenvalue weighted by molar-refractivity contribution is 0.159. The van der Waals surface area contributed by atoms with Gasteiger partial charge in [-0.15, -0.1) is 0 Å². The fourth-order valence-corrected chi connectivity index (χ4v) is 6.58. The number of hydrogen-bond acceptors (Lipinski definition) is 5. The van der Waals surface area contributed by atoms with Crippen LogP contribution in [0.4, 0.5) is 10.5 Å². The van der Waals surface area contributed by atoms with Crippen molar-refractivity contribution in [2.24, 2.45) is 0 Å². The first-order valence-corrected chi connectivity index (χ1v) is 14.9. The molecule has 0 saturated heterocycles. The van der Waals surface area contributed by atoms with Gasteiger partial charge in [0.15, 0.2) is 17.1 Å². The number of benzene rings is 5. The molecule has 0 saturated carbocycles. The van der Waals surface area contributed by atoms with Crippen molar-refractivity contribution in [2.75, 3.05) is 26.1 Å². The summed E-state index contributed by atoms with van der Waals surface area (Å²) in [7, 11) is 3.34. The molecular formula is C38H33NO5. The number of ether oxygens (including phenoxy) is 4. The Bertz CT molecular complexity index is 1910. The number of carbonyl (C=O) groups excluding carboxylic acids is 1. The molecule has 0 bridgehead atoms. The Morgan fingerprint density at radius 1 is 0.841 bits per heavy atom. The molecule has 220 valence electrons. The fourth-order valence-electron chi connectivity index (χ4n) is 6.58. The van der Waals surface area contributed by atoms with E-state index in [9.17, 15) is 4.79 Å². The molecule has 7 rings (SSSR count). The van der Waals surface area contributed by atoms with Gasteiger partial charge in [0.1, 0.15) is 5.75 Å². The largest absolute Gasteiger partial charge is 0.493 e. The lowest BCUT2D eigenvalue weighted by atomic mass is 9.78. The highest BCUT2D eigenvalue weighted by molar-refractivity contribution is 6.07. The van der Waals surface area contributed by atoms with Crippen LogP contribution < -0.4 is 19.5 Å². The van der Waals surface area contributed by atoms with Gasteiger partial charge in [-0.25, -0.2) is 4.79 Å². The molecule has 1 N–H and O–H groups in total. The summed E-state index contributed by atoms with van der Waals surface area (Å²) in [5, 5.41) is 4.94. The van der Waals surface area contributed by atoms with Gasteiger partial charge in [-0.3, -0.25) is 5.32 Å². The lowest BCUT2D eigenvalue weighted by Crippen LogP contribution is -2.35. The molecule has 1 amide bonds. The molecule has 2 aliphatic rings. The zero-order chi connectivity index (χ0) is 30.3. The summed E-state index contributed by atoms with van der Waals surface area (Å²) in [5.74, 6) is 2.24. The summed E-state index contributed by atoms with van der Waals surface area (Å²) in [5.41, 5.74) is 7.61. The summed E-state index contributed by atoms with van der Waals surface area (Å²) in [6.45, 7) is 2.09. The second kappa shape index (κ2) is 11.1. The van der Waals surface area contributed by atoms with Crippen LogP contribution in [0.5, 0.6) is 17.2 Å². The van der Waals surface area contributed by atoms with E-state index in [0.717, 1.165) is 46.1 Å². The number of rotatable bonds is 6. The molecule has 1 aliphatic heterocycles. The molecule has 6 nitrogen and oxygen atoms in total. The van der Waals surface area contributed by atoms with E-state index < -0.39 is 11.7 Å². The predicted molar refractivity (Wildman–Crippen MR) is 174 cm³/mol. The minimum atomic E-state index is -0.897. The van der Waals surface area contributed by atoms with E-state index in [0.29, 0.717) is 23.8 Å². The maximum Gasteiger partial charge on any atom is 0.411 e. The third-order valence-corrected chi connectivity index (χ3v) is 8.62. The monoisotopic (exact) mass is 583 g/mol. The average Bonchev–Trinajstić information content (AvgIpc) is 3.08. The highest BCUT2D eigenvalue weighted by atomic mass is 16.5. The van der Waals surface area contributed by atoms with Crippen LogP contribution in [0, 0.1) is 0 Å². The van der Waals surface area contributed by atoms with Gasteiger partial charge in [0.25, 0.3) is 0 Å². The van der Waals surface area contributed by atoms with Crippen molar-refractivity contribution in [3.8, 4) is 28.4 Å². The average molecular weight is 584 g/mol. The van der Waals surface area contributed by atoms with E-state index in [-0.39, 0.29) is 0 Å². The number of aryl methyl sites for hydroxylation is 1. The molecule has 0 aromatic heterocycles. The van der Waals surface area contributed by atoms with Gasteiger partial charge in [-0.2, -0.15) is 0 Å². The zero-order valence-electron chi connectivity index (χ0n) is 25.0. The maximum absolute atomic E-state index is 12.1. The highest BCUT2D eigenvalue weighted by Crippen LogP contribution is 2.53. The first-order chi connectivity index (χ1) is 21.6. The van der Waals surface area contributed by atoms with Crippen molar-refractivity contribution >= 4 is 28.6 Å². The first-order valence-electron chi connectivity index (χ1n) is 14.9. The highest BCUT2D eigenvalue weighted by Gasteiger charge is 2.40. The summed E-state index contributed by atoms with van der Waals surface area (Å²) >= 11 is 0. The molecule has 1 aliphatic carbocycles. The van der Waals surface area contributed by atoms with Gasteiger partial charge in [0, 0.05) is 27.9 Å². The minimum absolute atomic E-state index is 0.307. The van der Waals surface area contributed by atoms with Crippen LogP contribution in [0.25, 0.3) is 28.0 Å². The summed E-state index contributed by atoms with van der Waals surface area (Å²) in [6.07, 6.45) is 5.61. The molecular weight excluding hydrogens is 550 g/mol. The number of methoxy groups -OCH3 is 2. The third kappa shape index (κ3) is 4.45. The van der Waals surface area contributed by atoms with Crippen LogP contribution >= 0.6 is 0 Å². The molecule has 0 fully saturated rings. The lowest BCUT2D eigenvalue weighted by Gasteiger charge is -2.39. The Balaban J connectivity index is 1.46. The van der Waals surface area contributed by atoms with Gasteiger partial charge in [-0.05, 0) is 83.6 Å². The van der Waals surface area contributed by atoms with Crippen LogP contribution in [0.1, 0.15) is 34.7 Å². The van der Waals surface area contributed by atoms with E-state index in [2.05, 4.69) is 66.0 Å². The Morgan fingerprint density at radius 2 is 1.52 bits per heavy atom. The molecule has 0 spiro atoms. The number of hydrogen-bond donors (Lipinski definition) is 1. The van der Waals surface area contributed by atoms with Crippen LogP contribution in [-0.2, 0) is 23.2 Å². The number of fused-ring (bicyclic) bond motifs is 8. The topological polar surface area (TPSA) is 66.0 Å². The van der Waals surface area contributed by atoms with E-state index in [4.69, 9.17) is 18.9 Å². The second-order valence-electron chi connectivity index (χ2n) is 11.0. The molecule has 0 radical (unpaired) electrons. The van der Waals surface area contributed by atoms with Crippen LogP contribution in [0.2, 0.25) is 0 Å². The summed E-state index contributed by atoms with van der Waals surface area (Å²) in [4.78, 5) is 12.1. The summed E-state index contributed by atoms with van der Waals surface area (Å²) < 4.78 is 23.9. The Hall–Kier alpha value is -5.23. The maximum atomic E-state index is 12.1. The van der Waals surface area contributed by atoms with Crippen LogP contribution in [0.3, 0.4) is 0 Å². The number of anilines is 1. The van der Waals surface area contributed by atoms with E-state index in [1.165, 1.54) is 22.3 Å². The normalized spacial score (nSPS) is 16.2. The molecule has 6 heteroatoms. The van der Waals surface area contributed by atoms with Gasteiger partial charge in [-0.1, -0.05) is 66.7 Å². The van der Waals surface area contributed by atoms with Crippen molar-refractivity contribution in [3.05, 3.63) is 125 Å². The van der Waals surface area contributed by atoms with Gasteiger partial charge >= 0.3 is 6.09 Å². The predicted octanol–water partition coefficient (Wildman–Crippen LogP) is 8.54. The summed E-state index contributed by atoms with van der Waals surface area (Å²) in [6, 6.07) is 30.8. The van der Waals surface area contributed by atoms with Crippen LogP contribution in [-0.4, -0.2) is 26.9 Å². The molecule has 1 unspecified atom stereocenters. The second-order valence-corrected chi connectivity index (χ2v) is 11.0. The van der Waals surface area contributed by atoms with Crippen molar-refractivity contribution in [1.82, 2.24) is 0 Å². The van der Waals surface area contributed by atoms with E-state index in [1.54, 1.807) is 21.1 Å². The number of carbonyl (C=O) groups is 1.